The molecule has 3 rings (SSSR count). The number of phenolic OH excluding ortho intramolecular Hbond substituents is 2. The summed E-state index contributed by atoms with van der Waals surface area (Å²) in [6.45, 7) is 15.0. The third kappa shape index (κ3) is 16.1. The third-order valence-corrected chi connectivity index (χ3v) is 7.11. The molecule has 0 amide bonds. The van der Waals surface area contributed by atoms with E-state index in [0.717, 1.165) is 87.5 Å². The van der Waals surface area contributed by atoms with Crippen LogP contribution in [0.4, 0.5) is 0 Å². The SMILES string of the molecule is CC(=O)[O-].CC(=O)[O-].CCc1cc(CC(C)C)cc(C=NC2CCCCC2N=Cc2cc(CC(C)C)cc(CC)c2O)c1O.[Co+2]. The van der Waals surface area contributed by atoms with E-state index in [0.29, 0.717) is 23.3 Å². The van der Waals surface area contributed by atoms with Gasteiger partial charge in [0.05, 0.1) is 12.1 Å². The summed E-state index contributed by atoms with van der Waals surface area (Å²) in [7, 11) is 0. The molecule has 0 spiro atoms. The molecule has 9 heteroatoms. The van der Waals surface area contributed by atoms with Crippen molar-refractivity contribution in [3.05, 3.63) is 57.6 Å². The van der Waals surface area contributed by atoms with Crippen molar-refractivity contribution in [2.75, 3.05) is 0 Å². The van der Waals surface area contributed by atoms with Crippen molar-refractivity contribution >= 4 is 24.4 Å². The molecule has 2 aromatic carbocycles. The van der Waals surface area contributed by atoms with Crippen molar-refractivity contribution in [1.29, 1.82) is 0 Å². The summed E-state index contributed by atoms with van der Waals surface area (Å²) >= 11 is 0. The van der Waals surface area contributed by atoms with E-state index in [9.17, 15) is 10.2 Å². The van der Waals surface area contributed by atoms with Gasteiger partial charge >= 0.3 is 16.8 Å². The maximum atomic E-state index is 10.8. The Bertz CT molecular complexity index is 1170. The van der Waals surface area contributed by atoms with Crippen molar-refractivity contribution in [2.24, 2.45) is 21.8 Å². The second kappa shape index (κ2) is 21.5. The molecule has 251 valence electrons. The van der Waals surface area contributed by atoms with Crippen LogP contribution in [0.15, 0.2) is 34.3 Å². The van der Waals surface area contributed by atoms with Crippen LogP contribution in [-0.4, -0.2) is 46.7 Å². The van der Waals surface area contributed by atoms with Gasteiger partial charge in [0.2, 0.25) is 0 Å². The molecule has 2 aromatic rings. The first-order valence-electron chi connectivity index (χ1n) is 15.8. The molecule has 0 heterocycles. The van der Waals surface area contributed by atoms with Gasteiger partial charge in [0, 0.05) is 35.5 Å². The van der Waals surface area contributed by atoms with Gasteiger partial charge in [0.1, 0.15) is 11.5 Å². The van der Waals surface area contributed by atoms with Gasteiger partial charge in [-0.05, 0) is 98.6 Å². The standard InChI is InChI=1S/C32H46N2O2.2C2H4O2.Co/c1-7-25-15-23(13-21(3)4)17-27(31(25)35)19-33-29-11-9-10-12-30(29)34-20-28-18-24(14-22(5)6)16-26(8-2)32(28)36;2*1-2(3)4;/h15-22,29-30,35-36H,7-14H2,1-6H3;2*1H3,(H,3,4);/q;;;+2/p-2. The van der Waals surface area contributed by atoms with Gasteiger partial charge < -0.3 is 30.0 Å². The second-order valence-corrected chi connectivity index (χ2v) is 12.2. The van der Waals surface area contributed by atoms with E-state index in [1.807, 2.05) is 12.4 Å². The van der Waals surface area contributed by atoms with Crippen LogP contribution in [0.2, 0.25) is 0 Å². The molecule has 0 aliphatic heterocycles. The van der Waals surface area contributed by atoms with Gasteiger partial charge in [-0.2, -0.15) is 0 Å². The van der Waals surface area contributed by atoms with Crippen LogP contribution < -0.4 is 10.2 Å². The molecule has 8 nitrogen and oxygen atoms in total. The zero-order valence-corrected chi connectivity index (χ0v) is 29.2. The molecule has 1 aliphatic carbocycles. The molecule has 0 aromatic heterocycles. The van der Waals surface area contributed by atoms with Gasteiger partial charge in [0.15, 0.2) is 0 Å². The molecule has 1 fully saturated rings. The van der Waals surface area contributed by atoms with Crippen molar-refractivity contribution < 1.29 is 46.8 Å². The van der Waals surface area contributed by atoms with Crippen molar-refractivity contribution in [3.63, 3.8) is 0 Å². The summed E-state index contributed by atoms with van der Waals surface area (Å²) in [6, 6.07) is 8.60. The van der Waals surface area contributed by atoms with E-state index in [4.69, 9.17) is 29.8 Å². The minimum absolute atomic E-state index is 0. The van der Waals surface area contributed by atoms with Gasteiger partial charge in [-0.3, -0.25) is 9.98 Å². The Kier molecular flexibility index (Phi) is 20.0. The first-order valence-corrected chi connectivity index (χ1v) is 15.8. The number of nitrogens with zero attached hydrogens (tertiary/aromatic N) is 2. The summed E-state index contributed by atoms with van der Waals surface area (Å²) < 4.78 is 0. The van der Waals surface area contributed by atoms with E-state index in [1.54, 1.807) is 0 Å². The molecule has 1 radical (unpaired) electrons. The molecule has 2 unspecified atom stereocenters. The fraction of sp³-hybridized carbons (Fsp3) is 0.556. The summed E-state index contributed by atoms with van der Waals surface area (Å²) in [5, 5.41) is 39.4. The topological polar surface area (TPSA) is 145 Å². The maximum absolute atomic E-state index is 10.8. The number of carboxylic acids is 2. The number of aliphatic imine (C=N–C) groups is 2. The number of aryl methyl sites for hydroxylation is 2. The van der Waals surface area contributed by atoms with Crippen LogP contribution in [0.25, 0.3) is 0 Å². The second-order valence-electron chi connectivity index (χ2n) is 12.2. The number of rotatable bonds is 10. The fourth-order valence-corrected chi connectivity index (χ4v) is 5.28. The molecule has 1 aliphatic rings. The largest absolute Gasteiger partial charge is 2.00 e. The summed E-state index contributed by atoms with van der Waals surface area (Å²) in [5.41, 5.74) is 6.09. The number of carbonyl (C=O) groups is 2. The van der Waals surface area contributed by atoms with Gasteiger partial charge in [-0.15, -0.1) is 0 Å². The van der Waals surface area contributed by atoms with Crippen LogP contribution in [0.3, 0.4) is 0 Å². The zero-order chi connectivity index (χ0) is 33.4. The summed E-state index contributed by atoms with van der Waals surface area (Å²) in [5.74, 6) is -0.346. The van der Waals surface area contributed by atoms with Crippen LogP contribution in [-0.2, 0) is 52.1 Å². The predicted molar refractivity (Wildman–Crippen MR) is 175 cm³/mol. The van der Waals surface area contributed by atoms with E-state index < -0.39 is 11.9 Å². The van der Waals surface area contributed by atoms with E-state index in [-0.39, 0.29) is 28.9 Å². The number of carbonyl (C=O) groups excluding carboxylic acids is 2. The molecular weight excluding hydrogens is 615 g/mol. The number of hydrogen-bond donors (Lipinski definition) is 2. The van der Waals surface area contributed by atoms with Crippen molar-refractivity contribution in [3.8, 4) is 11.5 Å². The third-order valence-electron chi connectivity index (χ3n) is 7.11. The zero-order valence-electron chi connectivity index (χ0n) is 28.2. The molecule has 0 saturated heterocycles. The Labute approximate surface area is 280 Å². The average Bonchev–Trinajstić information content (AvgIpc) is 2.92. The van der Waals surface area contributed by atoms with Gasteiger partial charge in [-0.1, -0.05) is 66.5 Å². The van der Waals surface area contributed by atoms with E-state index >= 15 is 0 Å². The van der Waals surface area contributed by atoms with Crippen molar-refractivity contribution in [2.45, 2.75) is 119 Å². The Balaban J connectivity index is 0.00000192. The van der Waals surface area contributed by atoms with Crippen LogP contribution in [0.5, 0.6) is 11.5 Å². The number of phenols is 2. The molecular formula is C36H52CoN2O6. The number of benzene rings is 2. The number of aromatic hydroxyl groups is 2. The Hall–Kier alpha value is -3.17. The van der Waals surface area contributed by atoms with Crippen LogP contribution in [0, 0.1) is 11.8 Å². The van der Waals surface area contributed by atoms with Crippen LogP contribution >= 0.6 is 0 Å². The number of aliphatic carboxylic acids is 2. The van der Waals surface area contributed by atoms with Gasteiger partial charge in [0.25, 0.3) is 0 Å². The molecule has 2 atom stereocenters. The van der Waals surface area contributed by atoms with Crippen molar-refractivity contribution in [1.82, 2.24) is 0 Å². The Morgan fingerprint density at radius 3 is 1.33 bits per heavy atom. The van der Waals surface area contributed by atoms with Crippen LogP contribution in [0.1, 0.15) is 114 Å². The van der Waals surface area contributed by atoms with E-state index in [2.05, 4.69) is 65.8 Å². The normalized spacial score (nSPS) is 16.1. The molecule has 1 saturated carbocycles. The summed E-state index contributed by atoms with van der Waals surface area (Å²) in [4.78, 5) is 27.7. The molecule has 45 heavy (non-hydrogen) atoms. The average molecular weight is 668 g/mol. The smallest absolute Gasteiger partial charge is 0.550 e. The Morgan fingerprint density at radius 2 is 1.07 bits per heavy atom. The number of carboxylic acid groups (broad SMARTS) is 2. The molecule has 2 N–H and O–H groups in total. The number of hydrogen-bond acceptors (Lipinski definition) is 8. The molecule has 0 bridgehead atoms. The fourth-order valence-electron chi connectivity index (χ4n) is 5.28. The van der Waals surface area contributed by atoms with E-state index in [1.165, 1.54) is 11.1 Å². The first kappa shape index (κ1) is 41.8. The minimum atomic E-state index is -1.08. The summed E-state index contributed by atoms with van der Waals surface area (Å²) in [6.07, 6.45) is 11.6. The quantitative estimate of drug-likeness (QED) is 0.342. The first-order chi connectivity index (χ1) is 20.7. The van der Waals surface area contributed by atoms with Gasteiger partial charge in [-0.25, -0.2) is 0 Å². The Morgan fingerprint density at radius 1 is 0.756 bits per heavy atom. The monoisotopic (exact) mass is 667 g/mol. The maximum Gasteiger partial charge on any atom is 2.00 e. The predicted octanol–water partition coefficient (Wildman–Crippen LogP) is 4.98. The minimum Gasteiger partial charge on any atom is -0.550 e.